The highest BCUT2D eigenvalue weighted by Gasteiger charge is 2.52. The Hall–Kier alpha value is -1.22. The van der Waals surface area contributed by atoms with Gasteiger partial charge < -0.3 is 0 Å². The fourth-order valence-corrected chi connectivity index (χ4v) is 3.45. The summed E-state index contributed by atoms with van der Waals surface area (Å²) in [6.45, 7) is 0. The second kappa shape index (κ2) is 5.53. The van der Waals surface area contributed by atoms with Gasteiger partial charge in [-0.15, -0.1) is 11.8 Å². The molecule has 0 unspecified atom stereocenters. The van der Waals surface area contributed by atoms with Crippen LogP contribution in [-0.4, -0.2) is 16.4 Å². The third kappa shape index (κ3) is 2.42. The second-order valence-corrected chi connectivity index (χ2v) is 6.96. The number of carbonyl (C=O) groups excluding carboxylic acids is 1. The zero-order chi connectivity index (χ0) is 15.0. The molecule has 0 spiro atoms. The van der Waals surface area contributed by atoms with Crippen LogP contribution in [-0.2, 0) is 4.79 Å². The zero-order valence-corrected chi connectivity index (χ0v) is 13.6. The van der Waals surface area contributed by atoms with Crippen LogP contribution in [0.2, 0.25) is 0 Å². The van der Waals surface area contributed by atoms with Crippen molar-refractivity contribution in [1.29, 1.82) is 0 Å². The Kier molecular flexibility index (Phi) is 3.87. The lowest BCUT2D eigenvalue weighted by atomic mass is 9.78. The molecule has 2 aromatic rings. The van der Waals surface area contributed by atoms with Crippen LogP contribution in [0.5, 0.6) is 0 Å². The Morgan fingerprint density at radius 1 is 0.905 bits per heavy atom. The third-order valence-electron chi connectivity index (χ3n) is 3.52. The van der Waals surface area contributed by atoms with Gasteiger partial charge in [0.15, 0.2) is 0 Å². The molecular formula is C17H12Cl2OS. The summed E-state index contributed by atoms with van der Waals surface area (Å²) in [7, 11) is 0. The Morgan fingerprint density at radius 3 is 2.10 bits per heavy atom. The standard InChI is InChI=1S/C17H12Cl2OS/c1-21-13-9-7-12(8-10-13)15-14(16(20)17(15,18)19)11-5-3-2-4-6-11/h2-10H,1H3. The molecule has 3 rings (SSSR count). The molecule has 4 heteroatoms. The lowest BCUT2D eigenvalue weighted by Gasteiger charge is -2.35. The highest BCUT2D eigenvalue weighted by atomic mass is 35.5. The van der Waals surface area contributed by atoms with E-state index in [-0.39, 0.29) is 5.78 Å². The maximum atomic E-state index is 12.3. The summed E-state index contributed by atoms with van der Waals surface area (Å²) >= 11 is 14.1. The number of benzene rings is 2. The predicted molar refractivity (Wildman–Crippen MR) is 90.9 cm³/mol. The van der Waals surface area contributed by atoms with Crippen LogP contribution < -0.4 is 0 Å². The van der Waals surface area contributed by atoms with Gasteiger partial charge >= 0.3 is 0 Å². The van der Waals surface area contributed by atoms with E-state index in [1.807, 2.05) is 60.9 Å². The molecule has 0 atom stereocenters. The van der Waals surface area contributed by atoms with E-state index in [1.54, 1.807) is 11.8 Å². The molecule has 106 valence electrons. The van der Waals surface area contributed by atoms with Gasteiger partial charge in [-0.3, -0.25) is 4.79 Å². The number of halogens is 2. The van der Waals surface area contributed by atoms with Crippen molar-refractivity contribution in [2.75, 3.05) is 6.26 Å². The number of rotatable bonds is 3. The van der Waals surface area contributed by atoms with Crippen LogP contribution in [0, 0.1) is 0 Å². The first-order valence-electron chi connectivity index (χ1n) is 6.43. The smallest absolute Gasteiger partial charge is 0.206 e. The molecule has 0 fully saturated rings. The molecule has 0 radical (unpaired) electrons. The first-order valence-corrected chi connectivity index (χ1v) is 8.41. The van der Waals surface area contributed by atoms with E-state index < -0.39 is 4.33 Å². The van der Waals surface area contributed by atoms with Crippen molar-refractivity contribution in [2.45, 2.75) is 9.23 Å². The normalized spacial score (nSPS) is 16.8. The summed E-state index contributed by atoms with van der Waals surface area (Å²) in [4.78, 5) is 13.4. The molecule has 0 amide bonds. The van der Waals surface area contributed by atoms with Gasteiger partial charge in [-0.1, -0.05) is 65.7 Å². The molecule has 1 aliphatic carbocycles. The maximum Gasteiger partial charge on any atom is 0.206 e. The van der Waals surface area contributed by atoms with Gasteiger partial charge in [0.05, 0.1) is 0 Å². The molecule has 0 aliphatic heterocycles. The van der Waals surface area contributed by atoms with Crippen molar-refractivity contribution in [2.24, 2.45) is 0 Å². The minimum absolute atomic E-state index is 0.235. The predicted octanol–water partition coefficient (Wildman–Crippen LogP) is 5.08. The van der Waals surface area contributed by atoms with Crippen molar-refractivity contribution in [1.82, 2.24) is 0 Å². The molecular weight excluding hydrogens is 323 g/mol. The molecule has 21 heavy (non-hydrogen) atoms. The molecule has 1 aliphatic rings. The average molecular weight is 335 g/mol. The van der Waals surface area contributed by atoms with E-state index in [1.165, 1.54) is 0 Å². The number of alkyl halides is 2. The van der Waals surface area contributed by atoms with Crippen molar-refractivity contribution in [3.8, 4) is 0 Å². The van der Waals surface area contributed by atoms with Crippen molar-refractivity contribution in [3.63, 3.8) is 0 Å². The number of hydrogen-bond donors (Lipinski definition) is 0. The topological polar surface area (TPSA) is 17.1 Å². The van der Waals surface area contributed by atoms with E-state index >= 15 is 0 Å². The first-order chi connectivity index (χ1) is 10.1. The van der Waals surface area contributed by atoms with E-state index in [0.29, 0.717) is 11.1 Å². The van der Waals surface area contributed by atoms with Crippen molar-refractivity contribution < 1.29 is 4.79 Å². The van der Waals surface area contributed by atoms with Crippen molar-refractivity contribution >= 4 is 51.9 Å². The number of hydrogen-bond acceptors (Lipinski definition) is 2. The minimum atomic E-state index is -1.45. The summed E-state index contributed by atoms with van der Waals surface area (Å²) in [5, 5.41) is 0. The number of Topliss-reactive ketones (excluding diaryl/α,β-unsaturated/α-hetero) is 1. The molecule has 0 bridgehead atoms. The van der Waals surface area contributed by atoms with E-state index in [9.17, 15) is 4.79 Å². The lowest BCUT2D eigenvalue weighted by Crippen LogP contribution is -2.39. The van der Waals surface area contributed by atoms with Gasteiger partial charge in [0.1, 0.15) is 0 Å². The number of carbonyl (C=O) groups is 1. The Labute approximate surface area is 138 Å². The fourth-order valence-electron chi connectivity index (χ4n) is 2.44. The summed E-state index contributed by atoms with van der Waals surface area (Å²) in [6.07, 6.45) is 2.02. The van der Waals surface area contributed by atoms with Crippen LogP contribution in [0.25, 0.3) is 11.1 Å². The van der Waals surface area contributed by atoms with Crippen LogP contribution >= 0.6 is 35.0 Å². The average Bonchev–Trinajstić information content (AvgIpc) is 2.53. The van der Waals surface area contributed by atoms with E-state index in [2.05, 4.69) is 0 Å². The quantitative estimate of drug-likeness (QED) is 0.575. The maximum absolute atomic E-state index is 12.3. The Bertz CT molecular complexity index is 718. The summed E-state index contributed by atoms with van der Waals surface area (Å²) < 4.78 is -1.45. The van der Waals surface area contributed by atoms with Crippen molar-refractivity contribution in [3.05, 3.63) is 65.7 Å². The first kappa shape index (κ1) is 14.7. The van der Waals surface area contributed by atoms with Gasteiger partial charge in [0, 0.05) is 16.0 Å². The van der Waals surface area contributed by atoms with Gasteiger partial charge in [-0.05, 0) is 29.5 Å². The monoisotopic (exact) mass is 334 g/mol. The number of ketones is 1. The summed E-state index contributed by atoms with van der Waals surface area (Å²) in [6, 6.07) is 17.4. The lowest BCUT2D eigenvalue weighted by molar-refractivity contribution is -0.114. The zero-order valence-electron chi connectivity index (χ0n) is 11.3. The van der Waals surface area contributed by atoms with E-state index in [0.717, 1.165) is 16.0 Å². The van der Waals surface area contributed by atoms with Crippen LogP contribution in [0.15, 0.2) is 59.5 Å². The van der Waals surface area contributed by atoms with Crippen LogP contribution in [0.4, 0.5) is 0 Å². The highest BCUT2D eigenvalue weighted by molar-refractivity contribution is 7.98. The van der Waals surface area contributed by atoms with Gasteiger partial charge in [0.2, 0.25) is 10.1 Å². The second-order valence-electron chi connectivity index (χ2n) is 4.75. The molecule has 0 aromatic heterocycles. The molecule has 0 saturated carbocycles. The highest BCUT2D eigenvalue weighted by Crippen LogP contribution is 2.53. The Morgan fingerprint density at radius 2 is 1.52 bits per heavy atom. The van der Waals surface area contributed by atoms with Gasteiger partial charge in [-0.25, -0.2) is 0 Å². The van der Waals surface area contributed by atoms with E-state index in [4.69, 9.17) is 23.2 Å². The molecule has 2 aromatic carbocycles. The summed E-state index contributed by atoms with van der Waals surface area (Å²) in [5.74, 6) is -0.235. The minimum Gasteiger partial charge on any atom is -0.290 e. The summed E-state index contributed by atoms with van der Waals surface area (Å²) in [5.41, 5.74) is 3.03. The number of allylic oxidation sites excluding steroid dienone is 2. The molecule has 1 nitrogen and oxygen atoms in total. The largest absolute Gasteiger partial charge is 0.290 e. The van der Waals surface area contributed by atoms with Gasteiger partial charge in [-0.2, -0.15) is 0 Å². The SMILES string of the molecule is CSc1ccc(C2=C(c3ccccc3)C(=O)C2(Cl)Cl)cc1. The number of thioether (sulfide) groups is 1. The molecule has 0 heterocycles. The van der Waals surface area contributed by atoms with Gasteiger partial charge in [0.25, 0.3) is 0 Å². The molecule has 0 N–H and O–H groups in total. The third-order valence-corrected chi connectivity index (χ3v) is 4.98. The Balaban J connectivity index is 2.15. The van der Waals surface area contributed by atoms with Crippen LogP contribution in [0.1, 0.15) is 11.1 Å². The van der Waals surface area contributed by atoms with Crippen LogP contribution in [0.3, 0.4) is 0 Å². The molecule has 0 saturated heterocycles. The fraction of sp³-hybridized carbons (Fsp3) is 0.118.